The molecule has 0 unspecified atom stereocenters. The van der Waals surface area contributed by atoms with Crippen molar-refractivity contribution in [2.75, 3.05) is 24.5 Å². The maximum Gasteiger partial charge on any atom is 0.241 e. The van der Waals surface area contributed by atoms with E-state index in [9.17, 15) is 9.90 Å². The Hall–Kier alpha value is -2.33. The molecule has 0 fully saturated rings. The minimum absolute atomic E-state index is 0.129. The van der Waals surface area contributed by atoms with Crippen molar-refractivity contribution in [2.45, 2.75) is 26.3 Å². The number of nitrogens with zero attached hydrogens (tertiary/aromatic N) is 2. The summed E-state index contributed by atoms with van der Waals surface area (Å²) in [7, 11) is 0. The van der Waals surface area contributed by atoms with Gasteiger partial charge in [-0.15, -0.1) is 0 Å². The van der Waals surface area contributed by atoms with Crippen LogP contribution in [0.5, 0.6) is 5.75 Å². The van der Waals surface area contributed by atoms with E-state index in [2.05, 4.69) is 17.9 Å². The van der Waals surface area contributed by atoms with E-state index in [1.807, 2.05) is 41.3 Å². The number of anilines is 1. The fraction of sp³-hybridized carbons (Fsp3) is 0.350. The second-order valence-electron chi connectivity index (χ2n) is 6.26. The van der Waals surface area contributed by atoms with Crippen LogP contribution in [0.15, 0.2) is 48.5 Å². The van der Waals surface area contributed by atoms with Gasteiger partial charge in [-0.3, -0.25) is 9.69 Å². The molecule has 0 aromatic heterocycles. The number of carbonyl (C=O) groups is 1. The first kappa shape index (κ1) is 16.5. The largest absolute Gasteiger partial charge is 0.508 e. The number of phenolic OH excluding ortho intramolecular Hbond substituents is 1. The molecule has 4 heteroatoms. The van der Waals surface area contributed by atoms with E-state index in [1.54, 1.807) is 6.07 Å². The highest BCUT2D eigenvalue weighted by molar-refractivity contribution is 5.96. The third-order valence-electron chi connectivity index (χ3n) is 4.47. The Kier molecular flexibility index (Phi) is 5.16. The molecule has 0 atom stereocenters. The van der Waals surface area contributed by atoms with E-state index in [-0.39, 0.29) is 11.7 Å². The van der Waals surface area contributed by atoms with Crippen LogP contribution in [-0.4, -0.2) is 35.5 Å². The van der Waals surface area contributed by atoms with E-state index < -0.39 is 0 Å². The van der Waals surface area contributed by atoms with Crippen LogP contribution in [0.1, 0.15) is 24.5 Å². The van der Waals surface area contributed by atoms with Gasteiger partial charge in [0, 0.05) is 24.3 Å². The van der Waals surface area contributed by atoms with Crippen molar-refractivity contribution in [1.29, 1.82) is 0 Å². The average Bonchev–Trinajstić information content (AvgIpc) is 3.01. The van der Waals surface area contributed by atoms with Crippen LogP contribution in [0.4, 0.5) is 5.69 Å². The lowest BCUT2D eigenvalue weighted by molar-refractivity contribution is -0.119. The molecule has 0 aliphatic carbocycles. The predicted molar refractivity (Wildman–Crippen MR) is 96.2 cm³/mol. The number of benzene rings is 2. The van der Waals surface area contributed by atoms with Gasteiger partial charge in [0.15, 0.2) is 0 Å². The van der Waals surface area contributed by atoms with Crippen molar-refractivity contribution < 1.29 is 9.90 Å². The number of carbonyl (C=O) groups excluding carboxylic acids is 1. The summed E-state index contributed by atoms with van der Waals surface area (Å²) in [5, 5.41) is 9.98. The van der Waals surface area contributed by atoms with Crippen molar-refractivity contribution in [3.8, 4) is 5.75 Å². The second kappa shape index (κ2) is 7.49. The van der Waals surface area contributed by atoms with Crippen molar-refractivity contribution in [2.24, 2.45) is 0 Å². The molecule has 0 bridgehead atoms. The summed E-state index contributed by atoms with van der Waals surface area (Å²) >= 11 is 0. The molecule has 126 valence electrons. The van der Waals surface area contributed by atoms with Gasteiger partial charge in [-0.2, -0.15) is 0 Å². The molecule has 1 heterocycles. The summed E-state index contributed by atoms with van der Waals surface area (Å²) in [5.74, 6) is 0.418. The Morgan fingerprint density at radius 2 is 1.92 bits per heavy atom. The predicted octanol–water partition coefficient (Wildman–Crippen LogP) is 3.19. The average molecular weight is 324 g/mol. The highest BCUT2D eigenvalue weighted by atomic mass is 16.3. The quantitative estimate of drug-likeness (QED) is 0.887. The van der Waals surface area contributed by atoms with Gasteiger partial charge in [0.05, 0.1) is 6.54 Å². The van der Waals surface area contributed by atoms with Crippen molar-refractivity contribution in [3.05, 3.63) is 59.7 Å². The smallest absolute Gasteiger partial charge is 0.241 e. The molecular formula is C20H24N2O2. The van der Waals surface area contributed by atoms with E-state index in [4.69, 9.17) is 0 Å². The molecule has 3 rings (SSSR count). The Labute approximate surface area is 143 Å². The normalized spacial score (nSPS) is 13.3. The number of fused-ring (bicyclic) bond motifs is 1. The van der Waals surface area contributed by atoms with Crippen LogP contribution in [0.2, 0.25) is 0 Å². The number of amides is 1. The fourth-order valence-electron chi connectivity index (χ4n) is 3.29. The lowest BCUT2D eigenvalue weighted by Gasteiger charge is -2.25. The minimum atomic E-state index is 0.129. The van der Waals surface area contributed by atoms with Gasteiger partial charge in [-0.05, 0) is 37.1 Å². The Morgan fingerprint density at radius 3 is 2.71 bits per heavy atom. The zero-order chi connectivity index (χ0) is 16.9. The standard InChI is InChI=1S/C20H24N2O2/c1-2-12-21(14-17-8-4-6-10-19(17)23)15-20(24)22-13-11-16-7-3-5-9-18(16)22/h3-10,23H,2,11-15H2,1H3. The highest BCUT2D eigenvalue weighted by Gasteiger charge is 2.25. The molecule has 24 heavy (non-hydrogen) atoms. The summed E-state index contributed by atoms with van der Waals surface area (Å²) in [5.41, 5.74) is 3.15. The van der Waals surface area contributed by atoms with Gasteiger partial charge in [-0.25, -0.2) is 0 Å². The summed E-state index contributed by atoms with van der Waals surface area (Å²) in [6, 6.07) is 15.4. The molecule has 4 nitrogen and oxygen atoms in total. The SMILES string of the molecule is CCCN(CC(=O)N1CCc2ccccc21)Cc1ccccc1O. The highest BCUT2D eigenvalue weighted by Crippen LogP contribution is 2.27. The molecule has 1 aliphatic rings. The van der Waals surface area contributed by atoms with Crippen LogP contribution in [0.25, 0.3) is 0 Å². The van der Waals surface area contributed by atoms with Crippen LogP contribution in [0.3, 0.4) is 0 Å². The number of aromatic hydroxyl groups is 1. The van der Waals surface area contributed by atoms with E-state index in [0.717, 1.165) is 37.2 Å². The van der Waals surface area contributed by atoms with Crippen LogP contribution >= 0.6 is 0 Å². The first-order valence-electron chi connectivity index (χ1n) is 8.56. The van der Waals surface area contributed by atoms with Crippen molar-refractivity contribution in [3.63, 3.8) is 0 Å². The molecule has 0 saturated heterocycles. The number of hydrogen-bond donors (Lipinski definition) is 1. The molecule has 2 aromatic rings. The zero-order valence-corrected chi connectivity index (χ0v) is 14.1. The number of hydrogen-bond acceptors (Lipinski definition) is 3. The van der Waals surface area contributed by atoms with Crippen LogP contribution in [0, 0.1) is 0 Å². The van der Waals surface area contributed by atoms with Gasteiger partial charge < -0.3 is 10.0 Å². The topological polar surface area (TPSA) is 43.8 Å². The van der Waals surface area contributed by atoms with Gasteiger partial charge >= 0.3 is 0 Å². The van der Waals surface area contributed by atoms with Gasteiger partial charge in [0.2, 0.25) is 5.91 Å². The molecule has 1 N–H and O–H groups in total. The lowest BCUT2D eigenvalue weighted by Crippen LogP contribution is -2.39. The number of phenols is 1. The van der Waals surface area contributed by atoms with E-state index in [1.165, 1.54) is 5.56 Å². The molecule has 1 amide bonds. The van der Waals surface area contributed by atoms with E-state index >= 15 is 0 Å². The second-order valence-corrected chi connectivity index (χ2v) is 6.26. The first-order valence-corrected chi connectivity index (χ1v) is 8.56. The Bertz CT molecular complexity index is 714. The van der Waals surface area contributed by atoms with Crippen molar-refractivity contribution in [1.82, 2.24) is 4.90 Å². The first-order chi connectivity index (χ1) is 11.7. The summed E-state index contributed by atoms with van der Waals surface area (Å²) in [6.07, 6.45) is 1.90. The molecule has 0 spiro atoms. The van der Waals surface area contributed by atoms with Gasteiger partial charge in [0.25, 0.3) is 0 Å². The fourth-order valence-corrected chi connectivity index (χ4v) is 3.29. The van der Waals surface area contributed by atoms with Gasteiger partial charge in [0.1, 0.15) is 5.75 Å². The third-order valence-corrected chi connectivity index (χ3v) is 4.47. The van der Waals surface area contributed by atoms with E-state index in [0.29, 0.717) is 13.1 Å². The molecule has 0 saturated carbocycles. The van der Waals surface area contributed by atoms with Crippen molar-refractivity contribution >= 4 is 11.6 Å². The minimum Gasteiger partial charge on any atom is -0.508 e. The molecule has 1 aliphatic heterocycles. The number of rotatable bonds is 6. The monoisotopic (exact) mass is 324 g/mol. The van der Waals surface area contributed by atoms with Crippen LogP contribution in [-0.2, 0) is 17.8 Å². The number of para-hydroxylation sites is 2. The maximum atomic E-state index is 12.8. The third kappa shape index (κ3) is 3.60. The lowest BCUT2D eigenvalue weighted by atomic mass is 10.1. The maximum absolute atomic E-state index is 12.8. The molecular weight excluding hydrogens is 300 g/mol. The Balaban J connectivity index is 1.70. The van der Waals surface area contributed by atoms with Gasteiger partial charge in [-0.1, -0.05) is 43.3 Å². The summed E-state index contributed by atoms with van der Waals surface area (Å²) < 4.78 is 0. The summed E-state index contributed by atoms with van der Waals surface area (Å²) in [4.78, 5) is 16.8. The summed E-state index contributed by atoms with van der Waals surface area (Å²) in [6.45, 7) is 4.65. The molecule has 0 radical (unpaired) electrons. The van der Waals surface area contributed by atoms with Crippen LogP contribution < -0.4 is 4.90 Å². The Morgan fingerprint density at radius 1 is 1.17 bits per heavy atom. The molecule has 2 aromatic carbocycles. The zero-order valence-electron chi connectivity index (χ0n) is 14.1.